The molecule has 6 nitrogen and oxygen atoms in total. The van der Waals surface area contributed by atoms with Crippen molar-refractivity contribution in [2.75, 3.05) is 5.32 Å². The second-order valence-corrected chi connectivity index (χ2v) is 6.17. The van der Waals surface area contributed by atoms with Crippen LogP contribution in [-0.2, 0) is 4.79 Å². The number of rotatable bonds is 4. The van der Waals surface area contributed by atoms with Gasteiger partial charge in [-0.15, -0.1) is 0 Å². The van der Waals surface area contributed by atoms with Gasteiger partial charge < -0.3 is 5.32 Å². The van der Waals surface area contributed by atoms with Gasteiger partial charge in [0.25, 0.3) is 0 Å². The molecule has 1 fully saturated rings. The highest BCUT2D eigenvalue weighted by Crippen LogP contribution is 2.48. The van der Waals surface area contributed by atoms with Crippen molar-refractivity contribution in [3.05, 3.63) is 65.8 Å². The Morgan fingerprint density at radius 1 is 1.29 bits per heavy atom. The van der Waals surface area contributed by atoms with Crippen LogP contribution in [-0.4, -0.2) is 25.7 Å². The zero-order valence-electron chi connectivity index (χ0n) is 12.6. The second-order valence-electron chi connectivity index (χ2n) is 5.74. The third kappa shape index (κ3) is 3.00. The Bertz CT molecular complexity index is 863. The number of hydrogen-bond donors (Lipinski definition) is 1. The maximum Gasteiger partial charge on any atom is 0.228 e. The molecule has 1 aliphatic carbocycles. The molecule has 3 aromatic rings. The summed E-state index contributed by atoms with van der Waals surface area (Å²) in [6, 6.07) is 11.3. The van der Waals surface area contributed by atoms with Crippen LogP contribution in [0.5, 0.6) is 0 Å². The molecule has 0 spiro atoms. The van der Waals surface area contributed by atoms with E-state index >= 15 is 0 Å². The Balaban J connectivity index is 1.40. The summed E-state index contributed by atoms with van der Waals surface area (Å²) in [5.41, 5.74) is 1.78. The number of hydrogen-bond acceptors (Lipinski definition) is 4. The molecule has 2 aromatic heterocycles. The lowest BCUT2D eigenvalue weighted by Gasteiger charge is -2.06. The predicted molar refractivity (Wildman–Crippen MR) is 90.1 cm³/mol. The first kappa shape index (κ1) is 14.8. The highest BCUT2D eigenvalue weighted by atomic mass is 35.5. The van der Waals surface area contributed by atoms with Crippen molar-refractivity contribution in [1.82, 2.24) is 19.7 Å². The number of anilines is 1. The van der Waals surface area contributed by atoms with Crippen LogP contribution < -0.4 is 5.32 Å². The summed E-state index contributed by atoms with van der Waals surface area (Å²) in [6.45, 7) is 0. The molecule has 24 heavy (non-hydrogen) atoms. The fraction of sp³-hybridized carbons (Fsp3) is 0.176. The van der Waals surface area contributed by atoms with Crippen LogP contribution in [0.4, 0.5) is 5.69 Å². The topological polar surface area (TPSA) is 72.7 Å². The minimum atomic E-state index is -0.0153. The second kappa shape index (κ2) is 6.05. The van der Waals surface area contributed by atoms with Gasteiger partial charge >= 0.3 is 0 Å². The predicted octanol–water partition coefficient (Wildman–Crippen LogP) is 3.06. The van der Waals surface area contributed by atoms with Crippen LogP contribution in [0.25, 0.3) is 5.82 Å². The van der Waals surface area contributed by atoms with Crippen LogP contribution in [0.2, 0.25) is 5.02 Å². The van der Waals surface area contributed by atoms with E-state index in [1.807, 2.05) is 24.3 Å². The van der Waals surface area contributed by atoms with Gasteiger partial charge in [-0.2, -0.15) is 5.10 Å². The SMILES string of the molecule is O=C(Nc1ccc(-n2cncn2)nc1)C1CC1c1cccc(Cl)c1. The molecule has 1 saturated carbocycles. The van der Waals surface area contributed by atoms with E-state index in [0.29, 0.717) is 16.5 Å². The third-order valence-corrected chi connectivity index (χ3v) is 4.31. The van der Waals surface area contributed by atoms with E-state index in [4.69, 9.17) is 11.6 Å². The molecule has 1 aliphatic rings. The average molecular weight is 340 g/mol. The van der Waals surface area contributed by atoms with Crippen molar-refractivity contribution in [2.45, 2.75) is 12.3 Å². The molecule has 120 valence electrons. The summed E-state index contributed by atoms with van der Waals surface area (Å²) >= 11 is 6.01. The van der Waals surface area contributed by atoms with E-state index in [0.717, 1.165) is 12.0 Å². The van der Waals surface area contributed by atoms with Gasteiger partial charge in [-0.25, -0.2) is 14.6 Å². The zero-order chi connectivity index (χ0) is 16.5. The van der Waals surface area contributed by atoms with Gasteiger partial charge in [-0.1, -0.05) is 23.7 Å². The monoisotopic (exact) mass is 339 g/mol. The van der Waals surface area contributed by atoms with Crippen molar-refractivity contribution in [2.24, 2.45) is 5.92 Å². The van der Waals surface area contributed by atoms with E-state index in [1.165, 1.54) is 6.33 Å². The fourth-order valence-corrected chi connectivity index (χ4v) is 2.95. The largest absolute Gasteiger partial charge is 0.324 e. The Morgan fingerprint density at radius 3 is 2.92 bits per heavy atom. The number of nitrogens with one attached hydrogen (secondary N) is 1. The lowest BCUT2D eigenvalue weighted by atomic mass is 10.1. The maximum absolute atomic E-state index is 12.4. The van der Waals surface area contributed by atoms with Crippen molar-refractivity contribution < 1.29 is 4.79 Å². The molecule has 7 heteroatoms. The van der Waals surface area contributed by atoms with E-state index in [9.17, 15) is 4.79 Å². The molecule has 2 unspecified atom stereocenters. The van der Waals surface area contributed by atoms with Crippen LogP contribution in [0.1, 0.15) is 17.9 Å². The lowest BCUT2D eigenvalue weighted by Crippen LogP contribution is -2.15. The maximum atomic E-state index is 12.4. The van der Waals surface area contributed by atoms with Gasteiger partial charge in [-0.3, -0.25) is 4.79 Å². The molecule has 0 radical (unpaired) electrons. The van der Waals surface area contributed by atoms with Gasteiger partial charge in [-0.05, 0) is 42.2 Å². The van der Waals surface area contributed by atoms with Crippen molar-refractivity contribution >= 4 is 23.2 Å². The average Bonchev–Trinajstić information content (AvgIpc) is 3.22. The number of nitrogens with zero attached hydrogens (tertiary/aromatic N) is 4. The molecule has 2 heterocycles. The molecule has 4 rings (SSSR count). The van der Waals surface area contributed by atoms with Crippen LogP contribution in [0, 0.1) is 5.92 Å². The van der Waals surface area contributed by atoms with Gasteiger partial charge in [0.05, 0.1) is 11.9 Å². The Morgan fingerprint density at radius 2 is 2.21 bits per heavy atom. The first-order valence-corrected chi connectivity index (χ1v) is 7.96. The van der Waals surface area contributed by atoms with E-state index in [-0.39, 0.29) is 17.7 Å². The minimum absolute atomic E-state index is 0.00952. The molecule has 0 saturated heterocycles. The number of pyridine rings is 1. The molecule has 2 atom stereocenters. The van der Waals surface area contributed by atoms with Crippen LogP contribution in [0.3, 0.4) is 0 Å². The standard InChI is InChI=1S/C17H14ClN5O/c18-12-3-1-2-11(6-12)14-7-15(14)17(24)22-13-4-5-16(20-8-13)23-10-19-9-21-23/h1-6,8-10,14-15H,7H2,(H,22,24). The van der Waals surface area contributed by atoms with Crippen molar-refractivity contribution in [3.8, 4) is 5.82 Å². The first-order valence-electron chi connectivity index (χ1n) is 7.58. The Hall–Kier alpha value is -2.73. The summed E-state index contributed by atoms with van der Waals surface area (Å²) in [5, 5.41) is 7.62. The molecular weight excluding hydrogens is 326 g/mol. The van der Waals surface area contributed by atoms with E-state index in [1.54, 1.807) is 29.3 Å². The van der Waals surface area contributed by atoms with Gasteiger partial charge in [0, 0.05) is 10.9 Å². The summed E-state index contributed by atoms with van der Waals surface area (Å²) in [7, 11) is 0. The number of benzene rings is 1. The highest BCUT2D eigenvalue weighted by molar-refractivity contribution is 6.30. The summed E-state index contributed by atoms with van der Waals surface area (Å²) in [5.74, 6) is 0.883. The number of aromatic nitrogens is 4. The Kier molecular flexibility index (Phi) is 3.74. The van der Waals surface area contributed by atoms with Crippen LogP contribution >= 0.6 is 11.6 Å². The lowest BCUT2D eigenvalue weighted by molar-refractivity contribution is -0.117. The summed E-state index contributed by atoms with van der Waals surface area (Å²) in [4.78, 5) is 20.5. The summed E-state index contributed by atoms with van der Waals surface area (Å²) < 4.78 is 1.56. The molecule has 0 bridgehead atoms. The number of amides is 1. The normalized spacial score (nSPS) is 19.0. The highest BCUT2D eigenvalue weighted by Gasteiger charge is 2.43. The number of carbonyl (C=O) groups excluding carboxylic acids is 1. The van der Waals surface area contributed by atoms with Crippen molar-refractivity contribution in [3.63, 3.8) is 0 Å². The Labute approximate surface area is 143 Å². The fourth-order valence-electron chi connectivity index (χ4n) is 2.75. The van der Waals surface area contributed by atoms with Crippen LogP contribution in [0.15, 0.2) is 55.2 Å². The third-order valence-electron chi connectivity index (χ3n) is 4.07. The molecule has 0 aliphatic heterocycles. The molecular formula is C17H14ClN5O. The minimum Gasteiger partial charge on any atom is -0.324 e. The number of carbonyl (C=O) groups is 1. The van der Waals surface area contributed by atoms with E-state index < -0.39 is 0 Å². The number of halogens is 1. The first-order chi connectivity index (χ1) is 11.7. The van der Waals surface area contributed by atoms with Gasteiger partial charge in [0.1, 0.15) is 12.7 Å². The molecule has 1 aromatic carbocycles. The van der Waals surface area contributed by atoms with Crippen molar-refractivity contribution in [1.29, 1.82) is 0 Å². The smallest absolute Gasteiger partial charge is 0.228 e. The molecule has 1 N–H and O–H groups in total. The van der Waals surface area contributed by atoms with E-state index in [2.05, 4.69) is 20.4 Å². The quantitative estimate of drug-likeness (QED) is 0.793. The zero-order valence-corrected chi connectivity index (χ0v) is 13.4. The van der Waals surface area contributed by atoms with Gasteiger partial charge in [0.15, 0.2) is 5.82 Å². The van der Waals surface area contributed by atoms with Gasteiger partial charge in [0.2, 0.25) is 5.91 Å². The summed E-state index contributed by atoms with van der Waals surface area (Å²) in [6.07, 6.45) is 5.48. The molecule has 1 amide bonds.